The number of morpholine rings is 1. The molecule has 2 fully saturated rings. The number of carbonyl (C=O) groups excluding carboxylic acids is 1. The summed E-state index contributed by atoms with van der Waals surface area (Å²) in [4.78, 5) is 13.3. The monoisotopic (exact) mass is 393 g/mol. The number of anilines is 1. The molecule has 1 aliphatic carbocycles. The van der Waals surface area contributed by atoms with Gasteiger partial charge in [-0.2, -0.15) is 8.42 Å². The minimum Gasteiger partial charge on any atom is -0.378 e. The number of nitrogens with zero attached hydrogens (tertiary/aromatic N) is 2. The van der Waals surface area contributed by atoms with Crippen LogP contribution in [0.4, 0.5) is 5.69 Å². The van der Waals surface area contributed by atoms with E-state index >= 15 is 0 Å². The molecule has 2 aliphatic rings. The van der Waals surface area contributed by atoms with Crippen LogP contribution in [0.2, 0.25) is 0 Å². The number of hydrogen-bond donors (Lipinski definition) is 1. The van der Waals surface area contributed by atoms with E-state index in [0.29, 0.717) is 43.7 Å². The van der Waals surface area contributed by atoms with E-state index in [0.717, 1.165) is 19.3 Å². The molecule has 1 saturated heterocycles. The molecule has 1 N–H and O–H groups in total. The predicted molar refractivity (Wildman–Crippen MR) is 104 cm³/mol. The van der Waals surface area contributed by atoms with E-state index in [4.69, 9.17) is 4.74 Å². The molecule has 1 heterocycles. The van der Waals surface area contributed by atoms with E-state index in [2.05, 4.69) is 21.5 Å². The first-order chi connectivity index (χ1) is 12.9. The van der Waals surface area contributed by atoms with E-state index in [1.165, 1.54) is 19.1 Å². The quantitative estimate of drug-likeness (QED) is 0.627. The Labute approximate surface area is 160 Å². The molecule has 1 aromatic rings. The van der Waals surface area contributed by atoms with Gasteiger partial charge < -0.3 is 15.0 Å². The molecule has 2 atom stereocenters. The molecule has 8 heteroatoms. The number of amides is 1. The van der Waals surface area contributed by atoms with E-state index in [1.807, 2.05) is 0 Å². The van der Waals surface area contributed by atoms with E-state index in [-0.39, 0.29) is 16.7 Å². The summed E-state index contributed by atoms with van der Waals surface area (Å²) < 4.78 is 35.6. The molecule has 1 amide bonds. The van der Waals surface area contributed by atoms with Gasteiger partial charge in [-0.25, -0.2) is 0 Å². The molecule has 27 heavy (non-hydrogen) atoms. The number of hydrogen-bond acceptors (Lipinski definition) is 4. The molecule has 0 aromatic heterocycles. The maximum absolute atomic E-state index is 12.9. The highest BCUT2D eigenvalue weighted by Crippen LogP contribution is 2.34. The zero-order valence-electron chi connectivity index (χ0n) is 15.8. The molecule has 148 valence electrons. The molecule has 0 spiro atoms. The second-order valence-electron chi connectivity index (χ2n) is 7.24. The van der Waals surface area contributed by atoms with Crippen LogP contribution >= 0.6 is 0 Å². The number of carbonyl (C=O) groups is 1. The summed E-state index contributed by atoms with van der Waals surface area (Å²) in [5, 5.41) is 2.63. The summed E-state index contributed by atoms with van der Waals surface area (Å²) in [6, 6.07) is 6.13. The van der Waals surface area contributed by atoms with Gasteiger partial charge in [0.2, 0.25) is 5.91 Å². The third-order valence-corrected chi connectivity index (χ3v) is 6.51. The minimum atomic E-state index is -3.82. The molecule has 0 bridgehead atoms. The van der Waals surface area contributed by atoms with E-state index in [9.17, 15) is 13.2 Å². The Hall–Kier alpha value is -1.93. The van der Waals surface area contributed by atoms with Crippen molar-refractivity contribution in [2.24, 2.45) is 16.2 Å². The average molecular weight is 394 g/mol. The van der Waals surface area contributed by atoms with E-state index < -0.39 is 10.0 Å². The average Bonchev–Trinajstić information content (AvgIpc) is 3.06. The van der Waals surface area contributed by atoms with Crippen molar-refractivity contribution in [2.45, 2.75) is 38.0 Å². The normalized spacial score (nSPS) is 24.1. The lowest BCUT2D eigenvalue weighted by atomic mass is 9.96. The van der Waals surface area contributed by atoms with Crippen LogP contribution in [0.25, 0.3) is 0 Å². The highest BCUT2D eigenvalue weighted by atomic mass is 32.2. The van der Waals surface area contributed by atoms with Crippen LogP contribution in [0.1, 0.15) is 33.1 Å². The van der Waals surface area contributed by atoms with Crippen molar-refractivity contribution in [1.82, 2.24) is 4.90 Å². The second kappa shape index (κ2) is 8.39. The van der Waals surface area contributed by atoms with Gasteiger partial charge in [-0.05, 0) is 43.0 Å². The van der Waals surface area contributed by atoms with Crippen LogP contribution in [0, 0.1) is 11.8 Å². The van der Waals surface area contributed by atoms with Crippen LogP contribution in [-0.4, -0.2) is 51.4 Å². The highest BCUT2D eigenvalue weighted by molar-refractivity contribution is 7.90. The van der Waals surface area contributed by atoms with Crippen molar-refractivity contribution < 1.29 is 17.9 Å². The number of amidine groups is 1. The Balaban J connectivity index is 1.90. The van der Waals surface area contributed by atoms with Gasteiger partial charge in [-0.3, -0.25) is 4.79 Å². The number of nitrogens with one attached hydrogen (secondary N) is 1. The van der Waals surface area contributed by atoms with Crippen LogP contribution in [0.3, 0.4) is 0 Å². The fourth-order valence-electron chi connectivity index (χ4n) is 3.77. The zero-order valence-corrected chi connectivity index (χ0v) is 16.7. The first kappa shape index (κ1) is 19.8. The lowest BCUT2D eigenvalue weighted by Crippen LogP contribution is -2.44. The minimum absolute atomic E-state index is 0.132. The summed E-state index contributed by atoms with van der Waals surface area (Å²) in [6.07, 6.45) is 3.16. The van der Waals surface area contributed by atoms with Gasteiger partial charge in [0.05, 0.1) is 18.1 Å². The number of rotatable bonds is 4. The highest BCUT2D eigenvalue weighted by Gasteiger charge is 2.33. The van der Waals surface area contributed by atoms with Crippen LogP contribution < -0.4 is 5.32 Å². The standard InChI is InChI=1S/C19H27N3O4S/c1-14-4-3-5-18(14)19(22-10-12-26-13-11-22)21-27(24,25)17-8-6-16(7-9-17)20-15(2)23/h6-9,14,18H,3-5,10-13H2,1-2H3,(H,20,23). The van der Waals surface area contributed by atoms with Gasteiger partial charge in [0, 0.05) is 31.6 Å². The van der Waals surface area contributed by atoms with Gasteiger partial charge in [0.25, 0.3) is 10.0 Å². The van der Waals surface area contributed by atoms with Gasteiger partial charge in [0.15, 0.2) is 0 Å². The third kappa shape index (κ3) is 4.87. The first-order valence-corrected chi connectivity index (χ1v) is 10.9. The van der Waals surface area contributed by atoms with E-state index in [1.54, 1.807) is 12.1 Å². The Morgan fingerprint density at radius 1 is 1.19 bits per heavy atom. The molecule has 1 saturated carbocycles. The van der Waals surface area contributed by atoms with Gasteiger partial charge in [-0.1, -0.05) is 13.3 Å². The predicted octanol–water partition coefficient (Wildman–Crippen LogP) is 2.50. The Morgan fingerprint density at radius 2 is 1.85 bits per heavy atom. The molecule has 3 rings (SSSR count). The fourth-order valence-corrected chi connectivity index (χ4v) is 4.85. The molecular weight excluding hydrogens is 366 g/mol. The molecule has 1 aromatic carbocycles. The van der Waals surface area contributed by atoms with Crippen molar-refractivity contribution in [3.8, 4) is 0 Å². The van der Waals surface area contributed by atoms with Crippen LogP contribution in [0.5, 0.6) is 0 Å². The van der Waals surface area contributed by atoms with Crippen molar-refractivity contribution in [1.29, 1.82) is 0 Å². The summed E-state index contributed by atoms with van der Waals surface area (Å²) in [7, 11) is -3.82. The maximum atomic E-state index is 12.9. The number of sulfonamides is 1. The molecule has 0 radical (unpaired) electrons. The SMILES string of the molecule is CC(=O)Nc1ccc(S(=O)(=O)N=C(C2CCCC2C)N2CCOCC2)cc1. The van der Waals surface area contributed by atoms with Crippen LogP contribution in [-0.2, 0) is 19.6 Å². The van der Waals surface area contributed by atoms with Gasteiger partial charge in [-0.15, -0.1) is 4.40 Å². The smallest absolute Gasteiger partial charge is 0.283 e. The number of ether oxygens (including phenoxy) is 1. The van der Waals surface area contributed by atoms with Crippen molar-refractivity contribution in [3.05, 3.63) is 24.3 Å². The largest absolute Gasteiger partial charge is 0.378 e. The summed E-state index contributed by atoms with van der Waals surface area (Å²) in [5.74, 6) is 1.06. The summed E-state index contributed by atoms with van der Waals surface area (Å²) in [6.45, 7) is 6.09. The summed E-state index contributed by atoms with van der Waals surface area (Å²) in [5.41, 5.74) is 0.559. The van der Waals surface area contributed by atoms with Crippen molar-refractivity contribution in [2.75, 3.05) is 31.6 Å². The molecular formula is C19H27N3O4S. The lowest BCUT2D eigenvalue weighted by Gasteiger charge is -2.33. The lowest BCUT2D eigenvalue weighted by molar-refractivity contribution is -0.114. The third-order valence-electron chi connectivity index (χ3n) is 5.21. The topological polar surface area (TPSA) is 88.1 Å². The van der Waals surface area contributed by atoms with Crippen molar-refractivity contribution >= 4 is 27.5 Å². The molecule has 1 aliphatic heterocycles. The van der Waals surface area contributed by atoms with Gasteiger partial charge in [0.1, 0.15) is 5.84 Å². The molecule has 7 nitrogen and oxygen atoms in total. The number of benzene rings is 1. The first-order valence-electron chi connectivity index (χ1n) is 9.42. The van der Waals surface area contributed by atoms with Crippen LogP contribution in [0.15, 0.2) is 33.6 Å². The summed E-state index contributed by atoms with van der Waals surface area (Å²) >= 11 is 0. The van der Waals surface area contributed by atoms with Crippen molar-refractivity contribution in [3.63, 3.8) is 0 Å². The Morgan fingerprint density at radius 3 is 2.41 bits per heavy atom. The Kier molecular flexibility index (Phi) is 6.16. The Bertz CT molecular complexity index is 799. The molecule has 2 unspecified atom stereocenters. The zero-order chi connectivity index (χ0) is 19.4. The fraction of sp³-hybridized carbons (Fsp3) is 0.579. The maximum Gasteiger partial charge on any atom is 0.283 e. The second-order valence-corrected chi connectivity index (χ2v) is 8.85. The van der Waals surface area contributed by atoms with Gasteiger partial charge >= 0.3 is 0 Å².